The third-order valence-electron chi connectivity index (χ3n) is 0.850. The second-order valence-electron chi connectivity index (χ2n) is 1.59. The van der Waals surface area contributed by atoms with Crippen LogP contribution in [0.4, 0.5) is 13.2 Å². The number of hydrogen-bond donors (Lipinski definition) is 1. The normalized spacial score (nSPS) is 12.0. The molecule has 0 aromatic carbocycles. The molecule has 1 rings (SSSR count). The van der Waals surface area contributed by atoms with Crippen LogP contribution in [0.2, 0.25) is 5.28 Å². The molecule has 0 atom stereocenters. The molecule has 56 valence electrons. The van der Waals surface area contributed by atoms with E-state index in [1.54, 1.807) is 0 Å². The molecule has 0 aliphatic rings. The Hall–Kier alpha value is -0.710. The van der Waals surface area contributed by atoms with Crippen molar-refractivity contribution in [1.29, 1.82) is 0 Å². The molecule has 0 bridgehead atoms. The number of halogens is 4. The van der Waals surface area contributed by atoms with Crippen molar-refractivity contribution in [1.82, 2.24) is 9.97 Å². The molecule has 0 amide bonds. The SMILES string of the molecule is FC(F)(F)c1cnc(Cl)[nH]1. The molecule has 6 heteroatoms. The molecule has 0 fully saturated rings. The van der Waals surface area contributed by atoms with E-state index in [1.807, 2.05) is 4.98 Å². The fraction of sp³-hybridized carbons (Fsp3) is 0.250. The van der Waals surface area contributed by atoms with Gasteiger partial charge in [-0.2, -0.15) is 13.2 Å². The van der Waals surface area contributed by atoms with Crippen LogP contribution in [0.25, 0.3) is 0 Å². The van der Waals surface area contributed by atoms with Crippen LogP contribution < -0.4 is 0 Å². The number of rotatable bonds is 0. The summed E-state index contributed by atoms with van der Waals surface area (Å²) in [5, 5.41) is -0.257. The molecule has 1 aromatic rings. The highest BCUT2D eigenvalue weighted by atomic mass is 35.5. The zero-order chi connectivity index (χ0) is 7.78. The Kier molecular flexibility index (Phi) is 1.60. The van der Waals surface area contributed by atoms with Gasteiger partial charge in [0.15, 0.2) is 5.28 Å². The van der Waals surface area contributed by atoms with Crippen LogP contribution in [0.1, 0.15) is 5.69 Å². The Bertz CT molecular complexity index is 229. The van der Waals surface area contributed by atoms with Crippen LogP contribution in [-0.4, -0.2) is 9.97 Å². The first-order valence-corrected chi connectivity index (χ1v) is 2.65. The number of nitrogens with zero attached hydrogens (tertiary/aromatic N) is 1. The highest BCUT2D eigenvalue weighted by molar-refractivity contribution is 6.28. The zero-order valence-electron chi connectivity index (χ0n) is 4.54. The number of alkyl halides is 3. The molecule has 0 saturated heterocycles. The highest BCUT2D eigenvalue weighted by Crippen LogP contribution is 2.27. The van der Waals surface area contributed by atoms with Gasteiger partial charge in [0.25, 0.3) is 0 Å². The Balaban J connectivity index is 2.96. The summed E-state index contributed by atoms with van der Waals surface area (Å²) >= 11 is 5.10. The first kappa shape index (κ1) is 7.40. The van der Waals surface area contributed by atoms with Crippen molar-refractivity contribution < 1.29 is 13.2 Å². The molecule has 0 saturated carbocycles. The summed E-state index contributed by atoms with van der Waals surface area (Å²) in [7, 11) is 0. The van der Waals surface area contributed by atoms with Crippen LogP contribution >= 0.6 is 11.6 Å². The third kappa shape index (κ3) is 1.41. The van der Waals surface area contributed by atoms with Gasteiger partial charge in [0, 0.05) is 0 Å². The summed E-state index contributed by atoms with van der Waals surface area (Å²) in [5.41, 5.74) is -0.933. The van der Waals surface area contributed by atoms with Gasteiger partial charge in [-0.25, -0.2) is 4.98 Å². The molecular formula is C4H2ClF3N2. The van der Waals surface area contributed by atoms with E-state index in [9.17, 15) is 13.2 Å². The number of aromatic amines is 1. The van der Waals surface area contributed by atoms with E-state index in [4.69, 9.17) is 11.6 Å². The molecule has 0 unspecified atom stereocenters. The Morgan fingerprint density at radius 1 is 1.50 bits per heavy atom. The molecular weight excluding hydrogens is 169 g/mol. The van der Waals surface area contributed by atoms with Crippen molar-refractivity contribution in [3.05, 3.63) is 17.2 Å². The molecule has 1 aromatic heterocycles. The van der Waals surface area contributed by atoms with E-state index in [2.05, 4.69) is 4.98 Å². The fourth-order valence-electron chi connectivity index (χ4n) is 0.441. The van der Waals surface area contributed by atoms with Gasteiger partial charge in [0.2, 0.25) is 0 Å². The first-order valence-electron chi connectivity index (χ1n) is 2.28. The molecule has 0 spiro atoms. The Labute approximate surface area is 59.0 Å². The number of imidazole rings is 1. The van der Waals surface area contributed by atoms with Crippen molar-refractivity contribution in [3.8, 4) is 0 Å². The smallest absolute Gasteiger partial charge is 0.325 e. The van der Waals surface area contributed by atoms with Crippen molar-refractivity contribution in [2.45, 2.75) is 6.18 Å². The second-order valence-corrected chi connectivity index (χ2v) is 1.94. The van der Waals surface area contributed by atoms with Crippen LogP contribution in [0.3, 0.4) is 0 Å². The van der Waals surface area contributed by atoms with Crippen molar-refractivity contribution >= 4 is 11.6 Å². The molecule has 10 heavy (non-hydrogen) atoms. The van der Waals surface area contributed by atoms with Crippen LogP contribution in [0.5, 0.6) is 0 Å². The maximum Gasteiger partial charge on any atom is 0.432 e. The summed E-state index contributed by atoms with van der Waals surface area (Å²) in [4.78, 5) is 5.02. The van der Waals surface area contributed by atoms with Gasteiger partial charge in [0.05, 0.1) is 6.20 Å². The Morgan fingerprint density at radius 3 is 2.30 bits per heavy atom. The van der Waals surface area contributed by atoms with Gasteiger partial charge in [-0.1, -0.05) is 0 Å². The second kappa shape index (κ2) is 2.16. The predicted octanol–water partition coefficient (Wildman–Crippen LogP) is 2.08. The lowest BCUT2D eigenvalue weighted by atomic mass is 10.5. The summed E-state index contributed by atoms with van der Waals surface area (Å²) in [6, 6.07) is 0. The summed E-state index contributed by atoms with van der Waals surface area (Å²) in [5.74, 6) is 0. The van der Waals surface area contributed by atoms with Gasteiger partial charge in [-0.15, -0.1) is 0 Å². The molecule has 0 radical (unpaired) electrons. The number of nitrogens with one attached hydrogen (secondary N) is 1. The highest BCUT2D eigenvalue weighted by Gasteiger charge is 2.32. The third-order valence-corrected chi connectivity index (χ3v) is 1.04. The lowest BCUT2D eigenvalue weighted by molar-refractivity contribution is -0.140. The standard InChI is InChI=1S/C4H2ClF3N2/c5-3-9-1-2(10-3)4(6,7)8/h1H,(H,9,10). The largest absolute Gasteiger partial charge is 0.432 e. The quantitative estimate of drug-likeness (QED) is 0.635. The minimum Gasteiger partial charge on any atom is -0.325 e. The van der Waals surface area contributed by atoms with Crippen LogP contribution in [0, 0.1) is 0 Å². The average Bonchev–Trinajstić information content (AvgIpc) is 2.11. The van der Waals surface area contributed by atoms with E-state index in [0.717, 1.165) is 0 Å². The van der Waals surface area contributed by atoms with Crippen molar-refractivity contribution in [2.24, 2.45) is 0 Å². The van der Waals surface area contributed by atoms with Gasteiger partial charge >= 0.3 is 6.18 Å². The molecule has 1 N–H and O–H groups in total. The monoisotopic (exact) mass is 170 g/mol. The fourth-order valence-corrected chi connectivity index (χ4v) is 0.592. The topological polar surface area (TPSA) is 28.7 Å². The first-order chi connectivity index (χ1) is 4.50. The van der Waals surface area contributed by atoms with E-state index in [0.29, 0.717) is 6.20 Å². The van der Waals surface area contributed by atoms with E-state index in [-0.39, 0.29) is 5.28 Å². The van der Waals surface area contributed by atoms with Crippen molar-refractivity contribution in [2.75, 3.05) is 0 Å². The lowest BCUT2D eigenvalue weighted by Gasteiger charge is -1.99. The van der Waals surface area contributed by atoms with Crippen molar-refractivity contribution in [3.63, 3.8) is 0 Å². The molecule has 1 heterocycles. The minimum absolute atomic E-state index is 0.257. The summed E-state index contributed by atoms with van der Waals surface area (Å²) < 4.78 is 35.0. The van der Waals surface area contributed by atoms with E-state index in [1.165, 1.54) is 0 Å². The van der Waals surface area contributed by atoms with Crippen LogP contribution in [0.15, 0.2) is 6.20 Å². The summed E-state index contributed by atoms with van der Waals surface area (Å²) in [6.45, 7) is 0. The van der Waals surface area contributed by atoms with Crippen LogP contribution in [-0.2, 0) is 6.18 Å². The van der Waals surface area contributed by atoms with Gasteiger partial charge in [-0.3, -0.25) is 0 Å². The number of H-pyrrole nitrogens is 1. The van der Waals surface area contributed by atoms with E-state index < -0.39 is 11.9 Å². The van der Waals surface area contributed by atoms with Gasteiger partial charge in [-0.05, 0) is 11.6 Å². The maximum absolute atomic E-state index is 11.7. The zero-order valence-corrected chi connectivity index (χ0v) is 5.29. The molecule has 2 nitrogen and oxygen atoms in total. The average molecular weight is 171 g/mol. The minimum atomic E-state index is -4.39. The van der Waals surface area contributed by atoms with E-state index >= 15 is 0 Å². The Morgan fingerprint density at radius 2 is 2.10 bits per heavy atom. The maximum atomic E-state index is 11.7. The van der Waals surface area contributed by atoms with Gasteiger partial charge < -0.3 is 4.98 Å². The molecule has 0 aliphatic carbocycles. The summed E-state index contributed by atoms with van der Waals surface area (Å²) in [6.07, 6.45) is -3.75. The number of hydrogen-bond acceptors (Lipinski definition) is 1. The lowest BCUT2D eigenvalue weighted by Crippen LogP contribution is -2.04. The number of aromatic nitrogens is 2. The molecule has 0 aliphatic heterocycles. The van der Waals surface area contributed by atoms with Gasteiger partial charge in [0.1, 0.15) is 5.69 Å². The predicted molar refractivity (Wildman–Crippen MR) is 28.6 cm³/mol.